The first kappa shape index (κ1) is 12.8. The normalized spacial score (nSPS) is 22.9. The molecule has 1 aromatic heterocycles. The molecule has 0 unspecified atom stereocenters. The molecule has 2 N–H and O–H groups in total. The smallest absolute Gasteiger partial charge is 0.141 e. The van der Waals surface area contributed by atoms with Crippen molar-refractivity contribution in [3.05, 3.63) is 18.1 Å². The predicted octanol–water partition coefficient (Wildman–Crippen LogP) is 1.12. The minimum absolute atomic E-state index is 0.495. The highest BCUT2D eigenvalue weighted by molar-refractivity contribution is 5.22. The molecule has 1 aromatic rings. The van der Waals surface area contributed by atoms with E-state index in [1.54, 1.807) is 12.4 Å². The lowest BCUT2D eigenvalue weighted by atomic mass is 10.2. The Labute approximate surface area is 114 Å². The van der Waals surface area contributed by atoms with E-state index >= 15 is 0 Å². The number of nitrogens with two attached hydrogens (primary N) is 1. The molecule has 2 fully saturated rings. The first-order chi connectivity index (χ1) is 9.31. The molecule has 1 saturated carbocycles. The number of anilines is 1. The van der Waals surface area contributed by atoms with Crippen LogP contribution in [-0.2, 0) is 6.54 Å². The van der Waals surface area contributed by atoms with E-state index in [-0.39, 0.29) is 0 Å². The fraction of sp³-hybridized carbons (Fsp3) is 0.714. The van der Waals surface area contributed by atoms with E-state index in [2.05, 4.69) is 19.8 Å². The van der Waals surface area contributed by atoms with Gasteiger partial charge in [-0.2, -0.15) is 0 Å². The second kappa shape index (κ2) is 5.84. The zero-order valence-electron chi connectivity index (χ0n) is 11.5. The second-order valence-electron chi connectivity index (χ2n) is 5.68. The Morgan fingerprint density at radius 2 is 1.79 bits per heavy atom. The van der Waals surface area contributed by atoms with Crippen molar-refractivity contribution < 1.29 is 0 Å². The van der Waals surface area contributed by atoms with Crippen molar-refractivity contribution in [2.75, 3.05) is 31.9 Å². The van der Waals surface area contributed by atoms with Gasteiger partial charge in [0.15, 0.2) is 0 Å². The van der Waals surface area contributed by atoms with Crippen LogP contribution in [0.2, 0.25) is 0 Å². The van der Waals surface area contributed by atoms with E-state index in [1.807, 2.05) is 0 Å². The average molecular weight is 261 g/mol. The van der Waals surface area contributed by atoms with Gasteiger partial charge in [-0.3, -0.25) is 14.8 Å². The summed E-state index contributed by atoms with van der Waals surface area (Å²) in [5, 5.41) is 0. The van der Waals surface area contributed by atoms with Gasteiger partial charge < -0.3 is 5.73 Å². The van der Waals surface area contributed by atoms with Gasteiger partial charge in [-0.05, 0) is 12.8 Å². The Hall–Kier alpha value is -1.20. The van der Waals surface area contributed by atoms with Crippen LogP contribution in [-0.4, -0.2) is 52.0 Å². The molecule has 104 valence electrons. The summed E-state index contributed by atoms with van der Waals surface area (Å²) in [4.78, 5) is 13.6. The summed E-state index contributed by atoms with van der Waals surface area (Å²) < 4.78 is 0. The zero-order valence-corrected chi connectivity index (χ0v) is 11.5. The van der Waals surface area contributed by atoms with E-state index < -0.39 is 0 Å². The highest BCUT2D eigenvalue weighted by atomic mass is 15.3. The van der Waals surface area contributed by atoms with Gasteiger partial charge in [-0.1, -0.05) is 12.8 Å². The van der Waals surface area contributed by atoms with Crippen molar-refractivity contribution in [2.45, 2.75) is 38.3 Å². The van der Waals surface area contributed by atoms with Crippen molar-refractivity contribution in [3.8, 4) is 0 Å². The molecule has 2 heterocycles. The first-order valence-corrected chi connectivity index (χ1v) is 7.34. The number of nitrogen functional groups attached to an aromatic ring is 1. The summed E-state index contributed by atoms with van der Waals surface area (Å²) in [5.74, 6) is 0.495. The lowest BCUT2D eigenvalue weighted by molar-refractivity contribution is 0.0929. The highest BCUT2D eigenvalue weighted by Crippen LogP contribution is 2.24. The van der Waals surface area contributed by atoms with Crippen molar-refractivity contribution in [2.24, 2.45) is 0 Å². The van der Waals surface area contributed by atoms with Crippen LogP contribution in [0.25, 0.3) is 0 Å². The molecule has 0 spiro atoms. The Bertz CT molecular complexity index is 391. The van der Waals surface area contributed by atoms with E-state index in [0.29, 0.717) is 5.82 Å². The molecule has 1 aliphatic heterocycles. The number of piperazine rings is 1. The van der Waals surface area contributed by atoms with Crippen molar-refractivity contribution in [1.82, 2.24) is 19.8 Å². The molecule has 1 aliphatic carbocycles. The van der Waals surface area contributed by atoms with E-state index in [0.717, 1.165) is 31.4 Å². The highest BCUT2D eigenvalue weighted by Gasteiger charge is 2.26. The average Bonchev–Trinajstić information content (AvgIpc) is 2.96. The molecule has 0 amide bonds. The van der Waals surface area contributed by atoms with Crippen LogP contribution in [0.15, 0.2) is 12.4 Å². The van der Waals surface area contributed by atoms with Gasteiger partial charge in [0.2, 0.25) is 0 Å². The van der Waals surface area contributed by atoms with Gasteiger partial charge in [-0.25, -0.2) is 4.98 Å². The van der Waals surface area contributed by atoms with Crippen molar-refractivity contribution in [1.29, 1.82) is 0 Å². The third-order valence-corrected chi connectivity index (χ3v) is 4.36. The third-order valence-electron chi connectivity index (χ3n) is 4.36. The molecule has 5 heteroatoms. The van der Waals surface area contributed by atoms with Crippen LogP contribution >= 0.6 is 0 Å². The Morgan fingerprint density at radius 1 is 1.05 bits per heavy atom. The largest absolute Gasteiger partial charge is 0.382 e. The van der Waals surface area contributed by atoms with Gasteiger partial charge in [0.05, 0.1) is 18.1 Å². The van der Waals surface area contributed by atoms with Crippen LogP contribution in [0.3, 0.4) is 0 Å². The van der Waals surface area contributed by atoms with Crippen LogP contribution in [0.1, 0.15) is 31.4 Å². The molecular weight excluding hydrogens is 238 g/mol. The predicted molar refractivity (Wildman–Crippen MR) is 75.6 cm³/mol. The zero-order chi connectivity index (χ0) is 13.1. The maximum absolute atomic E-state index is 5.55. The van der Waals surface area contributed by atoms with Gasteiger partial charge in [0.25, 0.3) is 0 Å². The minimum Gasteiger partial charge on any atom is -0.382 e. The van der Waals surface area contributed by atoms with Crippen molar-refractivity contribution >= 4 is 5.82 Å². The summed E-state index contributed by atoms with van der Waals surface area (Å²) in [6.45, 7) is 5.58. The van der Waals surface area contributed by atoms with Gasteiger partial charge in [-0.15, -0.1) is 0 Å². The molecule has 19 heavy (non-hydrogen) atoms. The number of rotatable bonds is 3. The first-order valence-electron chi connectivity index (χ1n) is 7.34. The molecule has 3 rings (SSSR count). The van der Waals surface area contributed by atoms with Crippen LogP contribution in [0, 0.1) is 0 Å². The molecule has 1 saturated heterocycles. The summed E-state index contributed by atoms with van der Waals surface area (Å²) in [7, 11) is 0. The summed E-state index contributed by atoms with van der Waals surface area (Å²) >= 11 is 0. The number of hydrogen-bond donors (Lipinski definition) is 1. The Balaban J connectivity index is 1.48. The summed E-state index contributed by atoms with van der Waals surface area (Å²) in [6.07, 6.45) is 9.09. The van der Waals surface area contributed by atoms with Gasteiger partial charge >= 0.3 is 0 Å². The molecule has 0 bridgehead atoms. The summed E-state index contributed by atoms with van der Waals surface area (Å²) in [6, 6.07) is 0.860. The standard InChI is InChI=1S/C14H23N5/c15-14-10-16-12(9-17-14)11-18-5-7-19(8-6-18)13-3-1-2-4-13/h9-10,13H,1-8,11H2,(H2,15,17). The molecule has 0 atom stereocenters. The number of nitrogens with zero attached hydrogens (tertiary/aromatic N) is 4. The SMILES string of the molecule is Nc1cnc(CN2CCN(C3CCCC3)CC2)cn1. The third kappa shape index (κ3) is 3.22. The second-order valence-corrected chi connectivity index (χ2v) is 5.68. The van der Waals surface area contributed by atoms with Crippen LogP contribution in [0.4, 0.5) is 5.82 Å². The van der Waals surface area contributed by atoms with Crippen LogP contribution < -0.4 is 5.73 Å². The van der Waals surface area contributed by atoms with E-state index in [4.69, 9.17) is 5.73 Å². The van der Waals surface area contributed by atoms with E-state index in [1.165, 1.54) is 38.8 Å². The van der Waals surface area contributed by atoms with Crippen LogP contribution in [0.5, 0.6) is 0 Å². The van der Waals surface area contributed by atoms with Crippen molar-refractivity contribution in [3.63, 3.8) is 0 Å². The molecule has 0 aromatic carbocycles. The summed E-state index contributed by atoms with van der Waals surface area (Å²) in [5.41, 5.74) is 6.57. The molecule has 0 radical (unpaired) electrons. The van der Waals surface area contributed by atoms with Gasteiger partial charge in [0.1, 0.15) is 5.82 Å². The Kier molecular flexibility index (Phi) is 3.94. The topological polar surface area (TPSA) is 58.3 Å². The monoisotopic (exact) mass is 261 g/mol. The minimum atomic E-state index is 0.495. The van der Waals surface area contributed by atoms with E-state index in [9.17, 15) is 0 Å². The molecular formula is C14H23N5. The lowest BCUT2D eigenvalue weighted by Gasteiger charge is -2.37. The quantitative estimate of drug-likeness (QED) is 0.883. The Morgan fingerprint density at radius 3 is 2.42 bits per heavy atom. The number of hydrogen-bond acceptors (Lipinski definition) is 5. The maximum atomic E-state index is 5.55. The fourth-order valence-corrected chi connectivity index (χ4v) is 3.23. The van der Waals surface area contributed by atoms with Gasteiger partial charge in [0, 0.05) is 38.8 Å². The maximum Gasteiger partial charge on any atom is 0.141 e. The number of aromatic nitrogens is 2. The molecule has 2 aliphatic rings. The lowest BCUT2D eigenvalue weighted by Crippen LogP contribution is -2.49. The fourth-order valence-electron chi connectivity index (χ4n) is 3.23. The molecule has 5 nitrogen and oxygen atoms in total.